The van der Waals surface area contributed by atoms with Crippen molar-refractivity contribution in [1.29, 1.82) is 0 Å². The van der Waals surface area contributed by atoms with Crippen molar-refractivity contribution >= 4 is 5.91 Å². The molecule has 0 atom stereocenters. The van der Waals surface area contributed by atoms with Crippen LogP contribution in [0, 0.1) is 0 Å². The highest BCUT2D eigenvalue weighted by Crippen LogP contribution is 2.38. The van der Waals surface area contributed by atoms with Gasteiger partial charge in [0.1, 0.15) is 5.75 Å². The lowest BCUT2D eigenvalue weighted by Crippen LogP contribution is -2.27. The maximum Gasteiger partial charge on any atom is 0.259 e. The first-order valence-electron chi connectivity index (χ1n) is 6.07. The Balaban J connectivity index is 2.15. The quantitative estimate of drug-likeness (QED) is 0.834. The molecule has 0 saturated heterocycles. The van der Waals surface area contributed by atoms with E-state index >= 15 is 0 Å². The van der Waals surface area contributed by atoms with Gasteiger partial charge in [-0.2, -0.15) is 0 Å². The van der Waals surface area contributed by atoms with Gasteiger partial charge in [0, 0.05) is 20.2 Å². The van der Waals surface area contributed by atoms with Crippen molar-refractivity contribution in [2.45, 2.75) is 6.42 Å². The fraction of sp³-hybridized carbons (Fsp3) is 0.462. The molecule has 0 radical (unpaired) electrons. The Kier molecular flexibility index (Phi) is 4.11. The van der Waals surface area contributed by atoms with Gasteiger partial charge in [-0.05, 0) is 24.6 Å². The lowest BCUT2D eigenvalue weighted by atomic mass is 10.1. The molecular formula is C13H18N2O4. The van der Waals surface area contributed by atoms with Crippen LogP contribution in [-0.4, -0.2) is 44.8 Å². The molecule has 1 aromatic carbocycles. The summed E-state index contributed by atoms with van der Waals surface area (Å²) in [5.41, 5.74) is 6.49. The van der Waals surface area contributed by atoms with Gasteiger partial charge in [-0.1, -0.05) is 0 Å². The lowest BCUT2D eigenvalue weighted by molar-refractivity contribution is -0.130. The molecule has 1 heterocycles. The second kappa shape index (κ2) is 5.79. The molecule has 19 heavy (non-hydrogen) atoms. The highest BCUT2D eigenvalue weighted by Gasteiger charge is 2.18. The summed E-state index contributed by atoms with van der Waals surface area (Å²) in [6.45, 7) is 0.694. The van der Waals surface area contributed by atoms with Crippen LogP contribution in [0.5, 0.6) is 17.2 Å². The van der Waals surface area contributed by atoms with Crippen LogP contribution in [0.3, 0.4) is 0 Å². The minimum Gasteiger partial charge on any atom is -0.483 e. The third-order valence-corrected chi connectivity index (χ3v) is 2.82. The molecule has 0 bridgehead atoms. The Morgan fingerprint density at radius 2 is 2.05 bits per heavy atom. The topological polar surface area (TPSA) is 74.0 Å². The number of likely N-dealkylation sites (N-methyl/N-ethyl adjacent to an activating group) is 1. The largest absolute Gasteiger partial charge is 0.483 e. The summed E-state index contributed by atoms with van der Waals surface area (Å²) in [6, 6.07) is 3.60. The van der Waals surface area contributed by atoms with E-state index in [4.69, 9.17) is 19.9 Å². The van der Waals surface area contributed by atoms with Crippen molar-refractivity contribution in [3.63, 3.8) is 0 Å². The minimum atomic E-state index is -0.101. The van der Waals surface area contributed by atoms with E-state index in [1.807, 2.05) is 6.07 Å². The molecule has 1 amide bonds. The van der Waals surface area contributed by atoms with Crippen molar-refractivity contribution in [2.75, 3.05) is 34.0 Å². The molecule has 6 heteroatoms. The Morgan fingerprint density at radius 3 is 2.68 bits per heavy atom. The number of fused-ring (bicyclic) bond motifs is 1. The predicted molar refractivity (Wildman–Crippen MR) is 69.5 cm³/mol. The van der Waals surface area contributed by atoms with E-state index in [-0.39, 0.29) is 19.3 Å². The average molecular weight is 266 g/mol. The Labute approximate surface area is 112 Å². The van der Waals surface area contributed by atoms with Crippen molar-refractivity contribution in [2.24, 2.45) is 5.73 Å². The third-order valence-electron chi connectivity index (χ3n) is 2.82. The van der Waals surface area contributed by atoms with E-state index in [0.717, 1.165) is 5.56 Å². The number of nitrogens with zero attached hydrogens (tertiary/aromatic N) is 1. The molecule has 0 fully saturated rings. The van der Waals surface area contributed by atoms with Crippen LogP contribution in [0.4, 0.5) is 0 Å². The van der Waals surface area contributed by atoms with Gasteiger partial charge in [-0.3, -0.25) is 4.79 Å². The molecule has 6 nitrogen and oxygen atoms in total. The summed E-state index contributed by atoms with van der Waals surface area (Å²) in [6.07, 6.45) is 0.655. The Hall–Kier alpha value is -1.95. The molecule has 2 rings (SSSR count). The molecule has 0 aliphatic carbocycles. The van der Waals surface area contributed by atoms with E-state index in [0.29, 0.717) is 30.2 Å². The van der Waals surface area contributed by atoms with Gasteiger partial charge in [0.05, 0.1) is 0 Å². The molecule has 104 valence electrons. The first kappa shape index (κ1) is 13.5. The predicted octanol–water partition coefficient (Wildman–Crippen LogP) is 0.383. The van der Waals surface area contributed by atoms with Crippen LogP contribution in [0.25, 0.3) is 0 Å². The van der Waals surface area contributed by atoms with Gasteiger partial charge >= 0.3 is 0 Å². The van der Waals surface area contributed by atoms with Gasteiger partial charge in [-0.15, -0.1) is 0 Å². The molecular weight excluding hydrogens is 248 g/mol. The van der Waals surface area contributed by atoms with Crippen LogP contribution < -0.4 is 19.9 Å². The summed E-state index contributed by atoms with van der Waals surface area (Å²) in [7, 11) is 3.37. The molecule has 1 aromatic rings. The molecule has 2 N–H and O–H groups in total. The monoisotopic (exact) mass is 266 g/mol. The fourth-order valence-corrected chi connectivity index (χ4v) is 1.72. The number of benzene rings is 1. The average Bonchev–Trinajstić information content (AvgIpc) is 2.82. The number of hydrogen-bond donors (Lipinski definition) is 1. The standard InChI is InChI=1S/C13H18N2O4/c1-15(2)13(16)7-17-10-6-12-11(18-8-19-12)5-9(10)3-4-14/h5-6H,3-4,7-8,14H2,1-2H3. The summed E-state index contributed by atoms with van der Waals surface area (Å²) < 4.78 is 16.2. The van der Waals surface area contributed by atoms with Crippen molar-refractivity contribution in [3.05, 3.63) is 17.7 Å². The first-order chi connectivity index (χ1) is 9.11. The van der Waals surface area contributed by atoms with E-state index in [1.54, 1.807) is 20.2 Å². The molecule has 0 unspecified atom stereocenters. The van der Waals surface area contributed by atoms with Gasteiger partial charge in [0.2, 0.25) is 6.79 Å². The summed E-state index contributed by atoms with van der Waals surface area (Å²) in [5.74, 6) is 1.84. The number of ether oxygens (including phenoxy) is 3. The van der Waals surface area contributed by atoms with Gasteiger partial charge in [0.25, 0.3) is 5.91 Å². The Bertz CT molecular complexity index is 474. The summed E-state index contributed by atoms with van der Waals surface area (Å²) in [4.78, 5) is 13.0. The van der Waals surface area contributed by atoms with E-state index in [9.17, 15) is 4.79 Å². The Morgan fingerprint density at radius 1 is 1.37 bits per heavy atom. The lowest BCUT2D eigenvalue weighted by Gasteiger charge is -2.14. The zero-order valence-corrected chi connectivity index (χ0v) is 11.1. The van der Waals surface area contributed by atoms with E-state index in [1.165, 1.54) is 4.90 Å². The van der Waals surface area contributed by atoms with Crippen LogP contribution in [-0.2, 0) is 11.2 Å². The molecule has 0 saturated carbocycles. The van der Waals surface area contributed by atoms with Gasteiger partial charge in [0.15, 0.2) is 18.1 Å². The first-order valence-corrected chi connectivity index (χ1v) is 6.07. The van der Waals surface area contributed by atoms with E-state index in [2.05, 4.69) is 0 Å². The van der Waals surface area contributed by atoms with Gasteiger partial charge in [-0.25, -0.2) is 0 Å². The van der Waals surface area contributed by atoms with Crippen LogP contribution in [0.15, 0.2) is 12.1 Å². The molecule has 1 aliphatic rings. The zero-order chi connectivity index (χ0) is 13.8. The normalized spacial score (nSPS) is 12.4. The maximum atomic E-state index is 11.5. The highest BCUT2D eigenvalue weighted by atomic mass is 16.7. The number of hydrogen-bond acceptors (Lipinski definition) is 5. The SMILES string of the molecule is CN(C)C(=O)COc1cc2c(cc1CCN)OCO2. The van der Waals surface area contributed by atoms with Crippen molar-refractivity contribution < 1.29 is 19.0 Å². The second-order valence-corrected chi connectivity index (χ2v) is 4.43. The number of nitrogens with two attached hydrogens (primary N) is 1. The number of amides is 1. The number of carbonyl (C=O) groups excluding carboxylic acids is 1. The molecule has 0 spiro atoms. The summed E-state index contributed by atoms with van der Waals surface area (Å²) in [5, 5.41) is 0. The fourth-order valence-electron chi connectivity index (χ4n) is 1.72. The molecule has 1 aliphatic heterocycles. The maximum absolute atomic E-state index is 11.5. The number of rotatable bonds is 5. The zero-order valence-electron chi connectivity index (χ0n) is 11.1. The minimum absolute atomic E-state index is 0.00971. The smallest absolute Gasteiger partial charge is 0.259 e. The van der Waals surface area contributed by atoms with Crippen molar-refractivity contribution in [1.82, 2.24) is 4.90 Å². The number of carbonyl (C=O) groups is 1. The van der Waals surface area contributed by atoms with Crippen molar-refractivity contribution in [3.8, 4) is 17.2 Å². The van der Waals surface area contributed by atoms with Gasteiger partial charge < -0.3 is 24.8 Å². The highest BCUT2D eigenvalue weighted by molar-refractivity contribution is 5.77. The summed E-state index contributed by atoms with van der Waals surface area (Å²) >= 11 is 0. The van der Waals surface area contributed by atoms with Crippen LogP contribution in [0.1, 0.15) is 5.56 Å². The van der Waals surface area contributed by atoms with Crippen LogP contribution >= 0.6 is 0 Å². The van der Waals surface area contributed by atoms with E-state index < -0.39 is 0 Å². The third kappa shape index (κ3) is 3.08. The molecule has 0 aromatic heterocycles. The van der Waals surface area contributed by atoms with Crippen LogP contribution in [0.2, 0.25) is 0 Å². The second-order valence-electron chi connectivity index (χ2n) is 4.43.